The maximum Gasteiger partial charge on any atom is 0.572 e. The lowest BCUT2D eigenvalue weighted by Gasteiger charge is -1.90. The van der Waals surface area contributed by atoms with Crippen molar-refractivity contribution in [1.29, 1.82) is 0 Å². The molecule has 3 aromatic heterocycles. The second kappa shape index (κ2) is 6.04. The zero-order valence-electron chi connectivity index (χ0n) is 11.6. The molecule has 0 bridgehead atoms. The van der Waals surface area contributed by atoms with E-state index >= 15 is 0 Å². The standard InChI is InChI=1S/C7HN9O8.H3N/c17-14(18)3-1(4-10-12-6(23-4)15(19)20)8-9-2(3)5-11-13-7(24-5)16(21)22;/h(H,8,9);1H3. The average molecular weight is 356 g/mol. The normalized spacial score (nSPS) is 10.2. The van der Waals surface area contributed by atoms with Crippen molar-refractivity contribution in [3.63, 3.8) is 0 Å². The van der Waals surface area contributed by atoms with E-state index in [9.17, 15) is 30.3 Å². The van der Waals surface area contributed by atoms with Crippen molar-refractivity contribution in [1.82, 2.24) is 36.7 Å². The molecule has 0 aliphatic carbocycles. The molecule has 18 heteroatoms. The number of hydrogen-bond acceptors (Lipinski definition) is 14. The summed E-state index contributed by atoms with van der Waals surface area (Å²) in [6, 6.07) is -2.00. The fraction of sp³-hybridized carbons (Fsp3) is 0. The lowest BCUT2D eigenvalue weighted by molar-refractivity contribution is -0.407. The Bertz CT molecular complexity index is 900. The van der Waals surface area contributed by atoms with Gasteiger partial charge in [0, 0.05) is 20.0 Å². The molecule has 130 valence electrons. The number of hydrogen-bond donors (Lipinski definition) is 2. The van der Waals surface area contributed by atoms with Crippen LogP contribution in [0.2, 0.25) is 0 Å². The zero-order chi connectivity index (χ0) is 17.4. The number of rotatable bonds is 5. The van der Waals surface area contributed by atoms with Gasteiger partial charge in [0.1, 0.15) is 10.2 Å². The molecule has 0 fully saturated rings. The molecule has 0 aliphatic rings. The first kappa shape index (κ1) is 17.0. The molecule has 0 spiro atoms. The van der Waals surface area contributed by atoms with E-state index in [1.165, 1.54) is 0 Å². The molecule has 0 aromatic carbocycles. The van der Waals surface area contributed by atoms with Gasteiger partial charge < -0.3 is 35.2 Å². The Balaban J connectivity index is 0.00000225. The summed E-state index contributed by atoms with van der Waals surface area (Å²) in [6.45, 7) is 0. The van der Waals surface area contributed by atoms with Gasteiger partial charge >= 0.3 is 29.5 Å². The van der Waals surface area contributed by atoms with Crippen LogP contribution in [0.4, 0.5) is 17.7 Å². The smallest absolute Gasteiger partial charge is 0.359 e. The number of nitro groups is 3. The summed E-state index contributed by atoms with van der Waals surface area (Å²) < 4.78 is 9.27. The zero-order valence-corrected chi connectivity index (χ0v) is 11.6. The number of nitrogens with zero attached hydrogens (tertiary/aromatic N) is 8. The average Bonchev–Trinajstić information content (AvgIpc) is 3.24. The van der Waals surface area contributed by atoms with Crippen molar-refractivity contribution in [2.75, 3.05) is 0 Å². The van der Waals surface area contributed by atoms with Gasteiger partial charge in [0.15, 0.2) is 0 Å². The molecule has 0 saturated heterocycles. The fourth-order valence-electron chi connectivity index (χ4n) is 1.59. The van der Waals surface area contributed by atoms with E-state index in [0.717, 1.165) is 0 Å². The molecule has 25 heavy (non-hydrogen) atoms. The largest absolute Gasteiger partial charge is 0.572 e. The van der Waals surface area contributed by atoms with Crippen molar-refractivity contribution < 1.29 is 23.6 Å². The van der Waals surface area contributed by atoms with E-state index in [-0.39, 0.29) is 6.15 Å². The molecule has 18 nitrogen and oxygen atoms in total. The van der Waals surface area contributed by atoms with Crippen molar-refractivity contribution >= 4 is 17.7 Å². The topological polar surface area (TPSA) is 271 Å². The van der Waals surface area contributed by atoms with Crippen LogP contribution in [0.15, 0.2) is 8.83 Å². The predicted molar refractivity (Wildman–Crippen MR) is 70.2 cm³/mol. The van der Waals surface area contributed by atoms with Gasteiger partial charge in [-0.1, -0.05) is 0 Å². The molecule has 0 atom stereocenters. The highest BCUT2D eigenvalue weighted by Crippen LogP contribution is 2.36. The number of H-pyrrole nitrogens is 1. The van der Waals surface area contributed by atoms with E-state index in [4.69, 9.17) is 0 Å². The Kier molecular flexibility index (Phi) is 4.11. The summed E-state index contributed by atoms with van der Waals surface area (Å²) in [5.41, 5.74) is -1.82. The van der Waals surface area contributed by atoms with E-state index < -0.39 is 55.7 Å². The first-order valence-electron chi connectivity index (χ1n) is 5.57. The monoisotopic (exact) mass is 356 g/mol. The Labute approximate surface area is 132 Å². The van der Waals surface area contributed by atoms with Crippen LogP contribution in [-0.4, -0.2) is 45.4 Å². The molecule has 0 radical (unpaired) electrons. The van der Waals surface area contributed by atoms with Crippen LogP contribution in [0.5, 0.6) is 0 Å². The minimum absolute atomic E-state index is 0. The molecular weight excluding hydrogens is 352 g/mol. The van der Waals surface area contributed by atoms with Crippen LogP contribution in [-0.2, 0) is 0 Å². The van der Waals surface area contributed by atoms with Crippen molar-refractivity contribution in [2.24, 2.45) is 0 Å². The number of aromatic nitrogens is 6. The highest BCUT2D eigenvalue weighted by molar-refractivity contribution is 5.75. The first-order chi connectivity index (χ1) is 11.4. The number of nitrogens with one attached hydrogen (secondary N) is 1. The molecule has 0 aliphatic heterocycles. The van der Waals surface area contributed by atoms with Crippen LogP contribution < -0.4 is 6.15 Å². The van der Waals surface area contributed by atoms with Crippen molar-refractivity contribution in [3.8, 4) is 23.2 Å². The van der Waals surface area contributed by atoms with E-state index in [1.807, 2.05) is 0 Å². The van der Waals surface area contributed by atoms with Gasteiger partial charge in [-0.25, -0.2) is 0 Å². The van der Waals surface area contributed by atoms with Gasteiger partial charge in [0.25, 0.3) is 0 Å². The second-order valence-electron chi connectivity index (χ2n) is 3.85. The number of aromatic amines is 1. The Hall–Kier alpha value is -4.35. The van der Waals surface area contributed by atoms with E-state index in [2.05, 4.69) is 39.4 Å². The third-order valence-corrected chi connectivity index (χ3v) is 2.48. The maximum atomic E-state index is 11.2. The third-order valence-electron chi connectivity index (χ3n) is 2.48. The fourth-order valence-corrected chi connectivity index (χ4v) is 1.59. The van der Waals surface area contributed by atoms with Crippen molar-refractivity contribution in [2.45, 2.75) is 0 Å². The second-order valence-corrected chi connectivity index (χ2v) is 3.85. The lowest BCUT2D eigenvalue weighted by Crippen LogP contribution is -1.92. The summed E-state index contributed by atoms with van der Waals surface area (Å²) in [5, 5.41) is 50.6. The van der Waals surface area contributed by atoms with Gasteiger partial charge in [-0.15, -0.1) is 0 Å². The molecule has 4 N–H and O–H groups in total. The third kappa shape index (κ3) is 2.81. The lowest BCUT2D eigenvalue weighted by atomic mass is 10.3. The maximum absolute atomic E-state index is 11.2. The van der Waals surface area contributed by atoms with Gasteiger partial charge in [-0.3, -0.25) is 15.2 Å². The summed E-state index contributed by atoms with van der Waals surface area (Å²) in [6.07, 6.45) is 0. The molecule has 3 rings (SSSR count). The summed E-state index contributed by atoms with van der Waals surface area (Å²) in [7, 11) is 0. The molecule has 0 amide bonds. The minimum Gasteiger partial charge on any atom is -0.359 e. The van der Waals surface area contributed by atoms with Gasteiger partial charge in [-0.2, -0.15) is 5.10 Å². The predicted octanol–water partition coefficient (Wildman–Crippen LogP) is 0.396. The molecule has 3 aromatic rings. The molecule has 0 saturated carbocycles. The Morgan fingerprint density at radius 2 is 1.32 bits per heavy atom. The SMILES string of the molecule is N.O=[N+]([O-])c1nnc(-c2n[nH]c(-c3nnc([N+](=O)[O-])o3)c2[N+](=O)[O-])o1. The van der Waals surface area contributed by atoms with E-state index in [1.54, 1.807) is 0 Å². The van der Waals surface area contributed by atoms with E-state index in [0.29, 0.717) is 0 Å². The van der Waals surface area contributed by atoms with Crippen LogP contribution >= 0.6 is 0 Å². The quantitative estimate of drug-likeness (QED) is 0.462. The Morgan fingerprint density at radius 1 is 0.800 bits per heavy atom. The van der Waals surface area contributed by atoms with Crippen LogP contribution in [0.25, 0.3) is 23.2 Å². The van der Waals surface area contributed by atoms with Gasteiger partial charge in [-0.05, 0) is 0 Å². The molecule has 0 unspecified atom stereocenters. The summed E-state index contributed by atoms with van der Waals surface area (Å²) >= 11 is 0. The Morgan fingerprint density at radius 3 is 1.80 bits per heavy atom. The molecular formula is C7H4N10O8. The molecule has 3 heterocycles. The first-order valence-corrected chi connectivity index (χ1v) is 5.57. The van der Waals surface area contributed by atoms with Crippen LogP contribution in [0.1, 0.15) is 0 Å². The highest BCUT2D eigenvalue weighted by atomic mass is 16.7. The highest BCUT2D eigenvalue weighted by Gasteiger charge is 2.36. The van der Waals surface area contributed by atoms with Gasteiger partial charge in [0.2, 0.25) is 11.4 Å². The summed E-state index contributed by atoms with van der Waals surface area (Å²) in [4.78, 5) is 29.3. The van der Waals surface area contributed by atoms with Crippen LogP contribution in [0, 0.1) is 30.3 Å². The summed E-state index contributed by atoms with van der Waals surface area (Å²) in [5.74, 6) is -1.22. The van der Waals surface area contributed by atoms with Gasteiger partial charge in [0.05, 0.1) is 4.92 Å². The van der Waals surface area contributed by atoms with Crippen LogP contribution in [0.3, 0.4) is 0 Å². The van der Waals surface area contributed by atoms with Crippen molar-refractivity contribution in [3.05, 3.63) is 30.3 Å². The minimum atomic E-state index is -1.00.